The Balaban J connectivity index is 1.41. The molecule has 11 nitrogen and oxygen atoms in total. The van der Waals surface area contributed by atoms with Gasteiger partial charge in [0.15, 0.2) is 11.6 Å². The first kappa shape index (κ1) is 24.1. The van der Waals surface area contributed by atoms with E-state index in [1.165, 1.54) is 6.33 Å². The third kappa shape index (κ3) is 6.73. The fourth-order valence-electron chi connectivity index (χ4n) is 2.92. The van der Waals surface area contributed by atoms with E-state index < -0.39 is 0 Å². The molecule has 0 atom stereocenters. The highest BCUT2D eigenvalue weighted by molar-refractivity contribution is 5.82. The van der Waals surface area contributed by atoms with Crippen LogP contribution < -0.4 is 15.0 Å². The van der Waals surface area contributed by atoms with Gasteiger partial charge in [-0.25, -0.2) is 19.9 Å². The second-order valence-electron chi connectivity index (χ2n) is 7.47. The predicted molar refractivity (Wildman–Crippen MR) is 143 cm³/mol. The minimum Gasteiger partial charge on any atom is -0.255 e. The third-order valence-corrected chi connectivity index (χ3v) is 4.85. The fourth-order valence-corrected chi connectivity index (χ4v) is 2.92. The van der Waals surface area contributed by atoms with Gasteiger partial charge in [-0.2, -0.15) is 15.3 Å². The molecule has 4 aromatic heterocycles. The summed E-state index contributed by atoms with van der Waals surface area (Å²) in [7, 11) is 5.43. The summed E-state index contributed by atoms with van der Waals surface area (Å²) in [4.78, 5) is 21.7. The Morgan fingerprint density at radius 3 is 1.64 bits per heavy atom. The Bertz CT molecular complexity index is 1340. The molecule has 0 spiro atoms. The number of pyridine rings is 3. The zero-order chi connectivity index (χ0) is 25.2. The molecule has 0 unspecified atom stereocenters. The molecule has 180 valence electrons. The number of hydrazone groups is 3. The molecule has 4 aromatic rings. The van der Waals surface area contributed by atoms with Gasteiger partial charge >= 0.3 is 0 Å². The highest BCUT2D eigenvalue weighted by Gasteiger charge is 2.06. The van der Waals surface area contributed by atoms with Gasteiger partial charge in [-0.3, -0.25) is 20.0 Å². The van der Waals surface area contributed by atoms with Crippen molar-refractivity contribution in [3.05, 3.63) is 96.5 Å². The average Bonchev–Trinajstić information content (AvgIpc) is 2.94. The third-order valence-electron chi connectivity index (χ3n) is 4.85. The van der Waals surface area contributed by atoms with Gasteiger partial charge in [0, 0.05) is 39.6 Å². The van der Waals surface area contributed by atoms with Crippen molar-refractivity contribution in [1.29, 1.82) is 0 Å². The normalized spacial score (nSPS) is 11.4. The maximum Gasteiger partial charge on any atom is 0.154 e. The average molecular weight is 480 g/mol. The lowest BCUT2D eigenvalue weighted by Crippen LogP contribution is -2.15. The van der Waals surface area contributed by atoms with Crippen LogP contribution in [0.4, 0.5) is 17.5 Å². The van der Waals surface area contributed by atoms with Crippen LogP contribution in [-0.4, -0.2) is 64.7 Å². The summed E-state index contributed by atoms with van der Waals surface area (Å²) >= 11 is 0. The first-order valence-electron chi connectivity index (χ1n) is 11.0. The number of hydrogen-bond acceptors (Lipinski definition) is 11. The molecule has 0 aliphatic carbocycles. The van der Waals surface area contributed by atoms with E-state index in [1.807, 2.05) is 61.6 Å². The van der Waals surface area contributed by atoms with Crippen molar-refractivity contribution in [3.8, 4) is 0 Å². The lowest BCUT2D eigenvalue weighted by atomic mass is 10.3. The second-order valence-corrected chi connectivity index (χ2v) is 7.47. The van der Waals surface area contributed by atoms with Crippen molar-refractivity contribution in [2.24, 2.45) is 15.3 Å². The fraction of sp³-hybridized carbons (Fsp3) is 0.120. The van der Waals surface area contributed by atoms with Gasteiger partial charge in [0.05, 0.1) is 35.7 Å². The molecule has 0 saturated heterocycles. The van der Waals surface area contributed by atoms with Gasteiger partial charge in [0.25, 0.3) is 0 Å². The predicted octanol–water partition coefficient (Wildman–Crippen LogP) is 3.07. The Morgan fingerprint density at radius 2 is 1.08 bits per heavy atom. The monoisotopic (exact) mass is 479 g/mol. The molecule has 0 saturated carbocycles. The highest BCUT2D eigenvalue weighted by Crippen LogP contribution is 2.16. The minimum atomic E-state index is 0.603. The topological polar surface area (TPSA) is 111 Å². The van der Waals surface area contributed by atoms with Crippen LogP contribution in [0.1, 0.15) is 17.1 Å². The lowest BCUT2D eigenvalue weighted by Gasteiger charge is -2.15. The van der Waals surface area contributed by atoms with Crippen LogP contribution in [-0.2, 0) is 0 Å². The van der Waals surface area contributed by atoms with Gasteiger partial charge in [-0.15, -0.1) is 0 Å². The Labute approximate surface area is 209 Å². The molecule has 36 heavy (non-hydrogen) atoms. The van der Waals surface area contributed by atoms with Gasteiger partial charge in [0.1, 0.15) is 12.1 Å². The first-order chi connectivity index (χ1) is 17.6. The highest BCUT2D eigenvalue weighted by atomic mass is 15.5. The SMILES string of the molecule is CN(/N=C/c1cccc(/C=N/N(C)c2cc(N(C)/N=C/c3ccccn3)ncn2)n1)c1ccccn1. The molecule has 11 heteroatoms. The summed E-state index contributed by atoms with van der Waals surface area (Å²) in [6.45, 7) is 0. The molecule has 0 aliphatic heterocycles. The first-order valence-corrected chi connectivity index (χ1v) is 11.0. The number of rotatable bonds is 9. The van der Waals surface area contributed by atoms with Crippen LogP contribution >= 0.6 is 0 Å². The van der Waals surface area contributed by atoms with Gasteiger partial charge < -0.3 is 0 Å². The lowest BCUT2D eigenvalue weighted by molar-refractivity contribution is 0.931. The summed E-state index contributed by atoms with van der Waals surface area (Å²) in [6.07, 6.45) is 9.91. The van der Waals surface area contributed by atoms with Crippen LogP contribution in [0.5, 0.6) is 0 Å². The van der Waals surface area contributed by atoms with Crippen molar-refractivity contribution in [3.63, 3.8) is 0 Å². The number of aromatic nitrogens is 5. The van der Waals surface area contributed by atoms with Crippen LogP contribution in [0.15, 0.2) is 94.7 Å². The van der Waals surface area contributed by atoms with E-state index in [0.29, 0.717) is 23.0 Å². The van der Waals surface area contributed by atoms with Crippen molar-refractivity contribution in [2.75, 3.05) is 36.2 Å². The molecule has 0 aromatic carbocycles. The van der Waals surface area contributed by atoms with E-state index in [4.69, 9.17) is 0 Å². The molecule has 0 amide bonds. The Morgan fingerprint density at radius 1 is 0.556 bits per heavy atom. The molecular formula is C25H25N11. The minimum absolute atomic E-state index is 0.603. The number of anilines is 3. The zero-order valence-corrected chi connectivity index (χ0v) is 20.2. The molecular weight excluding hydrogens is 454 g/mol. The summed E-state index contributed by atoms with van der Waals surface area (Å²) in [6, 6.07) is 18.7. The van der Waals surface area contributed by atoms with E-state index in [1.54, 1.807) is 66.2 Å². The van der Waals surface area contributed by atoms with Crippen molar-refractivity contribution < 1.29 is 0 Å². The zero-order valence-electron chi connectivity index (χ0n) is 20.2. The standard InChI is InChI=1S/C25H25N11/c1-34(23-12-5-7-14-27-23)31-17-21-10-8-11-22(33-21)18-32-36(3)25-15-24(28-19-29-25)35(2)30-16-20-9-4-6-13-26-20/h4-19H,1-3H3/b30-16+,31-17+,32-18+. The largest absolute Gasteiger partial charge is 0.255 e. The van der Waals surface area contributed by atoms with Crippen molar-refractivity contribution in [1.82, 2.24) is 24.9 Å². The quantitative estimate of drug-likeness (QED) is 0.266. The second kappa shape index (κ2) is 11.9. The van der Waals surface area contributed by atoms with Crippen LogP contribution in [0.25, 0.3) is 0 Å². The van der Waals surface area contributed by atoms with E-state index in [0.717, 1.165) is 11.5 Å². The van der Waals surface area contributed by atoms with Gasteiger partial charge in [-0.05, 0) is 36.4 Å². The molecule has 0 fully saturated rings. The smallest absolute Gasteiger partial charge is 0.154 e. The van der Waals surface area contributed by atoms with E-state index in [-0.39, 0.29) is 0 Å². The van der Waals surface area contributed by atoms with Crippen LogP contribution in [0.2, 0.25) is 0 Å². The van der Waals surface area contributed by atoms with Crippen molar-refractivity contribution >= 4 is 36.1 Å². The van der Waals surface area contributed by atoms with E-state index >= 15 is 0 Å². The van der Waals surface area contributed by atoms with Gasteiger partial charge in [-0.1, -0.05) is 18.2 Å². The number of nitrogens with zero attached hydrogens (tertiary/aromatic N) is 11. The molecule has 4 heterocycles. The maximum absolute atomic E-state index is 4.56. The van der Waals surface area contributed by atoms with E-state index in [9.17, 15) is 0 Å². The summed E-state index contributed by atoms with van der Waals surface area (Å²) in [5.41, 5.74) is 2.13. The maximum atomic E-state index is 4.56. The summed E-state index contributed by atoms with van der Waals surface area (Å²) < 4.78 is 0. The molecule has 0 N–H and O–H groups in total. The molecule has 0 radical (unpaired) electrons. The van der Waals surface area contributed by atoms with Gasteiger partial charge in [0.2, 0.25) is 0 Å². The molecule has 0 bridgehead atoms. The van der Waals surface area contributed by atoms with E-state index in [2.05, 4.69) is 40.2 Å². The van der Waals surface area contributed by atoms with Crippen LogP contribution in [0, 0.1) is 0 Å². The summed E-state index contributed by atoms with van der Waals surface area (Å²) in [5.74, 6) is 1.96. The number of hydrogen-bond donors (Lipinski definition) is 0. The van der Waals surface area contributed by atoms with Crippen molar-refractivity contribution in [2.45, 2.75) is 0 Å². The Kier molecular flexibility index (Phi) is 7.95. The Hall–Kier alpha value is -5.06. The summed E-state index contributed by atoms with van der Waals surface area (Å²) in [5, 5.41) is 18.2. The van der Waals surface area contributed by atoms with Crippen LogP contribution in [0.3, 0.4) is 0 Å². The molecule has 4 rings (SSSR count). The molecule has 0 aliphatic rings.